The number of rotatable bonds is 5. The monoisotopic (exact) mass is 446 g/mol. The van der Waals surface area contributed by atoms with Crippen LogP contribution in [0.15, 0.2) is 42.5 Å². The quantitative estimate of drug-likeness (QED) is 0.668. The van der Waals surface area contributed by atoms with E-state index in [1.807, 2.05) is 24.3 Å². The molecule has 160 valence electrons. The van der Waals surface area contributed by atoms with E-state index in [1.54, 1.807) is 0 Å². The van der Waals surface area contributed by atoms with Crippen LogP contribution in [0.1, 0.15) is 49.7 Å². The van der Waals surface area contributed by atoms with Crippen LogP contribution in [0.2, 0.25) is 10.0 Å². The summed E-state index contributed by atoms with van der Waals surface area (Å²) < 4.78 is 5.64. The van der Waals surface area contributed by atoms with Crippen molar-refractivity contribution in [3.8, 4) is 5.75 Å². The molecule has 0 spiro atoms. The molecule has 0 radical (unpaired) electrons. The predicted octanol–water partition coefficient (Wildman–Crippen LogP) is 5.13. The van der Waals surface area contributed by atoms with Crippen LogP contribution in [-0.2, 0) is 4.79 Å². The summed E-state index contributed by atoms with van der Waals surface area (Å²) in [4.78, 5) is 12.8. The first kappa shape index (κ1) is 21.5. The Morgan fingerprint density at radius 1 is 1.20 bits per heavy atom. The number of amides is 1. The average Bonchev–Trinajstić information content (AvgIpc) is 2.95. The van der Waals surface area contributed by atoms with Crippen molar-refractivity contribution in [1.82, 2.24) is 5.32 Å². The third kappa shape index (κ3) is 3.70. The van der Waals surface area contributed by atoms with E-state index in [0.717, 1.165) is 24.2 Å². The van der Waals surface area contributed by atoms with Gasteiger partial charge in [0.25, 0.3) is 0 Å². The standard InChI is InChI=1S/C24H28Cl2N2O2/c1-14-22-21(15-3-5-16(25)6-4-15)19(9-10-24(22,2)23(29)28-14)18-8-7-17(13-20(18)26)30-12-11-27/h3-8,13-14,19,21-22H,9-12,27H2,1-2H3,(H,28,29)/t14-,19+,21+,22+,24-/m1/s1. The second-order valence-electron chi connectivity index (χ2n) is 8.75. The van der Waals surface area contributed by atoms with Gasteiger partial charge in [-0.2, -0.15) is 0 Å². The summed E-state index contributed by atoms with van der Waals surface area (Å²) in [5, 5.41) is 4.61. The van der Waals surface area contributed by atoms with Crippen molar-refractivity contribution in [2.24, 2.45) is 17.1 Å². The molecule has 2 aromatic rings. The number of hydrogen-bond donors (Lipinski definition) is 2. The Labute approximate surface area is 188 Å². The molecule has 2 fully saturated rings. The molecule has 4 nitrogen and oxygen atoms in total. The molecule has 0 unspecified atom stereocenters. The Morgan fingerprint density at radius 3 is 2.60 bits per heavy atom. The van der Waals surface area contributed by atoms with Gasteiger partial charge in [0, 0.05) is 28.5 Å². The molecule has 1 aliphatic heterocycles. The van der Waals surface area contributed by atoms with Crippen LogP contribution in [0.3, 0.4) is 0 Å². The fraction of sp³-hybridized carbons (Fsp3) is 0.458. The van der Waals surface area contributed by atoms with Crippen molar-refractivity contribution >= 4 is 29.1 Å². The fourth-order valence-corrected chi connectivity index (χ4v) is 6.02. The Balaban J connectivity index is 1.77. The summed E-state index contributed by atoms with van der Waals surface area (Å²) in [5.41, 5.74) is 7.46. The van der Waals surface area contributed by atoms with E-state index < -0.39 is 0 Å². The number of carbonyl (C=O) groups excluding carboxylic acids is 1. The van der Waals surface area contributed by atoms with Crippen molar-refractivity contribution in [2.45, 2.75) is 44.6 Å². The maximum absolute atomic E-state index is 12.8. The largest absolute Gasteiger partial charge is 0.492 e. The first-order valence-corrected chi connectivity index (χ1v) is 11.3. The van der Waals surface area contributed by atoms with Crippen LogP contribution in [0.5, 0.6) is 5.75 Å². The number of ether oxygens (including phenoxy) is 1. The molecular formula is C24H28Cl2N2O2. The molecular weight excluding hydrogens is 419 g/mol. The second kappa shape index (κ2) is 8.41. The smallest absolute Gasteiger partial charge is 0.226 e. The second-order valence-corrected chi connectivity index (χ2v) is 9.59. The molecule has 0 bridgehead atoms. The summed E-state index contributed by atoms with van der Waals surface area (Å²) in [7, 11) is 0. The van der Waals surface area contributed by atoms with Crippen LogP contribution in [-0.4, -0.2) is 25.1 Å². The minimum Gasteiger partial charge on any atom is -0.492 e. The topological polar surface area (TPSA) is 64.3 Å². The highest BCUT2D eigenvalue weighted by Gasteiger charge is 2.57. The SMILES string of the molecule is C[C@H]1NC(=O)[C@]2(C)CC[C@@H](c3ccc(OCCN)cc3Cl)[C@H](c3ccc(Cl)cc3)[C@H]12. The van der Waals surface area contributed by atoms with Gasteiger partial charge < -0.3 is 15.8 Å². The van der Waals surface area contributed by atoms with Crippen molar-refractivity contribution < 1.29 is 9.53 Å². The number of nitrogens with two attached hydrogens (primary N) is 1. The van der Waals surface area contributed by atoms with Gasteiger partial charge >= 0.3 is 0 Å². The lowest BCUT2D eigenvalue weighted by Crippen LogP contribution is -2.42. The maximum Gasteiger partial charge on any atom is 0.226 e. The molecule has 2 aliphatic rings. The number of benzene rings is 2. The number of hydrogen-bond acceptors (Lipinski definition) is 3. The number of halogens is 2. The first-order valence-electron chi connectivity index (χ1n) is 10.5. The Kier molecular flexibility index (Phi) is 6.02. The lowest BCUT2D eigenvalue weighted by Gasteiger charge is -2.46. The van der Waals surface area contributed by atoms with Gasteiger partial charge in [-0.1, -0.05) is 48.3 Å². The zero-order valence-corrected chi connectivity index (χ0v) is 18.8. The summed E-state index contributed by atoms with van der Waals surface area (Å²) in [5.74, 6) is 1.42. The first-order chi connectivity index (χ1) is 14.3. The van der Waals surface area contributed by atoms with Crippen molar-refractivity contribution in [1.29, 1.82) is 0 Å². The Bertz CT molecular complexity index is 933. The summed E-state index contributed by atoms with van der Waals surface area (Å²) in [6.07, 6.45) is 1.73. The zero-order valence-electron chi connectivity index (χ0n) is 17.3. The van der Waals surface area contributed by atoms with E-state index >= 15 is 0 Å². The van der Waals surface area contributed by atoms with Gasteiger partial charge in [0.1, 0.15) is 12.4 Å². The summed E-state index contributed by atoms with van der Waals surface area (Å²) in [6.45, 7) is 5.14. The van der Waals surface area contributed by atoms with Gasteiger partial charge in [0.2, 0.25) is 5.91 Å². The summed E-state index contributed by atoms with van der Waals surface area (Å²) >= 11 is 12.9. The Morgan fingerprint density at radius 2 is 1.93 bits per heavy atom. The van der Waals surface area contributed by atoms with E-state index in [2.05, 4.69) is 37.4 Å². The van der Waals surface area contributed by atoms with Crippen LogP contribution >= 0.6 is 23.2 Å². The highest BCUT2D eigenvalue weighted by atomic mass is 35.5. The van der Waals surface area contributed by atoms with E-state index in [-0.39, 0.29) is 35.1 Å². The van der Waals surface area contributed by atoms with Crippen LogP contribution in [0.4, 0.5) is 0 Å². The third-order valence-electron chi connectivity index (χ3n) is 6.96. The molecule has 3 N–H and O–H groups in total. The minimum atomic E-state index is -0.378. The highest BCUT2D eigenvalue weighted by Crippen LogP contribution is 2.59. The molecule has 6 heteroatoms. The zero-order chi connectivity index (χ0) is 21.5. The van der Waals surface area contributed by atoms with E-state index in [9.17, 15) is 4.79 Å². The molecule has 0 aromatic heterocycles. The fourth-order valence-electron chi connectivity index (χ4n) is 5.59. The predicted molar refractivity (Wildman–Crippen MR) is 121 cm³/mol. The number of fused-ring (bicyclic) bond motifs is 1. The van der Waals surface area contributed by atoms with Gasteiger partial charge in [0.05, 0.1) is 5.41 Å². The molecule has 1 heterocycles. The Hall–Kier alpha value is -1.75. The molecule has 1 amide bonds. The third-order valence-corrected chi connectivity index (χ3v) is 7.54. The number of carbonyl (C=O) groups is 1. The molecule has 5 atom stereocenters. The van der Waals surface area contributed by atoms with E-state index in [1.165, 1.54) is 5.56 Å². The molecule has 2 aromatic carbocycles. The van der Waals surface area contributed by atoms with Gasteiger partial charge in [-0.25, -0.2) is 0 Å². The highest BCUT2D eigenvalue weighted by molar-refractivity contribution is 6.31. The molecule has 1 saturated carbocycles. The lowest BCUT2D eigenvalue weighted by molar-refractivity contribution is -0.129. The van der Waals surface area contributed by atoms with E-state index in [4.69, 9.17) is 33.7 Å². The summed E-state index contributed by atoms with van der Waals surface area (Å²) in [6, 6.07) is 14.0. The normalized spacial score (nSPS) is 30.6. The average molecular weight is 447 g/mol. The van der Waals surface area contributed by atoms with Crippen molar-refractivity contribution in [3.05, 3.63) is 63.6 Å². The molecule has 4 rings (SSSR count). The minimum absolute atomic E-state index is 0.0944. The van der Waals surface area contributed by atoms with E-state index in [0.29, 0.717) is 23.2 Å². The molecule has 30 heavy (non-hydrogen) atoms. The number of nitrogens with one attached hydrogen (secondary N) is 1. The van der Waals surface area contributed by atoms with Crippen molar-refractivity contribution in [2.75, 3.05) is 13.2 Å². The molecule has 1 aliphatic carbocycles. The maximum atomic E-state index is 12.8. The lowest BCUT2D eigenvalue weighted by atomic mass is 9.56. The van der Waals surface area contributed by atoms with Crippen molar-refractivity contribution in [3.63, 3.8) is 0 Å². The van der Waals surface area contributed by atoms with Gasteiger partial charge in [0.15, 0.2) is 0 Å². The molecule has 1 saturated heterocycles. The van der Waals surface area contributed by atoms with Crippen LogP contribution in [0.25, 0.3) is 0 Å². The van der Waals surface area contributed by atoms with Gasteiger partial charge in [-0.3, -0.25) is 4.79 Å². The van der Waals surface area contributed by atoms with Gasteiger partial charge in [-0.15, -0.1) is 0 Å². The van der Waals surface area contributed by atoms with Gasteiger partial charge in [-0.05, 0) is 67.0 Å². The van der Waals surface area contributed by atoms with Crippen LogP contribution < -0.4 is 15.8 Å². The van der Waals surface area contributed by atoms with Crippen LogP contribution in [0, 0.1) is 11.3 Å².